The predicted molar refractivity (Wildman–Crippen MR) is 98.6 cm³/mol. The summed E-state index contributed by atoms with van der Waals surface area (Å²) in [6, 6.07) is 1.63. The van der Waals surface area contributed by atoms with Gasteiger partial charge in [-0.2, -0.15) is 4.31 Å². The van der Waals surface area contributed by atoms with E-state index in [1.807, 2.05) is 11.8 Å². The van der Waals surface area contributed by atoms with Crippen LogP contribution in [0, 0.1) is 0 Å². The number of amides is 1. The van der Waals surface area contributed by atoms with Crippen LogP contribution in [0.4, 0.5) is 0 Å². The normalized spacial score (nSPS) is 22.5. The number of piperidine rings is 1. The molecule has 142 valence electrons. The first kappa shape index (κ1) is 20.2. The maximum absolute atomic E-state index is 12.8. The number of sulfonamides is 1. The maximum Gasteiger partial charge on any atom is 0.270 e. The average molecular weight is 391 g/mol. The number of aryl methyl sites for hydroxylation is 1. The second kappa shape index (κ2) is 8.07. The average Bonchev–Trinajstić information content (AvgIpc) is 2.98. The number of nitrogens with zero attached hydrogens (tertiary/aromatic N) is 3. The van der Waals surface area contributed by atoms with E-state index in [1.165, 1.54) is 10.4 Å². The van der Waals surface area contributed by atoms with E-state index in [0.717, 1.165) is 32.4 Å². The number of nitrogens with one attached hydrogen (secondary N) is 1. The molecule has 0 aliphatic carbocycles. The number of rotatable bonds is 3. The summed E-state index contributed by atoms with van der Waals surface area (Å²) in [5.41, 5.74) is 0.430. The van der Waals surface area contributed by atoms with Gasteiger partial charge in [-0.3, -0.25) is 4.79 Å². The van der Waals surface area contributed by atoms with Crippen LogP contribution in [0.1, 0.15) is 36.7 Å². The van der Waals surface area contributed by atoms with Gasteiger partial charge in [0.05, 0.1) is 0 Å². The fourth-order valence-corrected chi connectivity index (χ4v) is 5.02. The van der Waals surface area contributed by atoms with Crippen LogP contribution in [0.25, 0.3) is 0 Å². The molecule has 9 heteroatoms. The van der Waals surface area contributed by atoms with E-state index in [0.29, 0.717) is 25.3 Å². The minimum absolute atomic E-state index is 0. The van der Waals surface area contributed by atoms with Gasteiger partial charge in [0.1, 0.15) is 10.6 Å². The number of hydrogen-bond donors (Lipinski definition) is 1. The Bertz CT molecular complexity index is 713. The van der Waals surface area contributed by atoms with E-state index >= 15 is 0 Å². The Balaban J connectivity index is 0.00000225. The van der Waals surface area contributed by atoms with Gasteiger partial charge in [0.15, 0.2) is 0 Å². The molecule has 0 saturated carbocycles. The van der Waals surface area contributed by atoms with Crippen molar-refractivity contribution in [3.63, 3.8) is 0 Å². The molecule has 1 atom stereocenters. The molecular weight excluding hydrogens is 364 g/mol. The lowest BCUT2D eigenvalue weighted by Gasteiger charge is -2.34. The number of halogens is 1. The van der Waals surface area contributed by atoms with E-state index in [1.54, 1.807) is 17.8 Å². The third kappa shape index (κ3) is 4.02. The third-order valence-corrected chi connectivity index (χ3v) is 6.78. The van der Waals surface area contributed by atoms with Crippen LogP contribution in [0.15, 0.2) is 17.2 Å². The molecule has 2 fully saturated rings. The van der Waals surface area contributed by atoms with Crippen molar-refractivity contribution >= 4 is 28.3 Å². The molecular formula is C16H27ClN4O3S. The van der Waals surface area contributed by atoms with Crippen LogP contribution < -0.4 is 5.32 Å². The molecule has 1 aromatic rings. The van der Waals surface area contributed by atoms with Crippen molar-refractivity contribution in [2.75, 3.05) is 32.7 Å². The first-order chi connectivity index (χ1) is 11.4. The summed E-state index contributed by atoms with van der Waals surface area (Å²) in [7, 11) is -1.78. The fourth-order valence-electron chi connectivity index (χ4n) is 3.43. The first-order valence-electron chi connectivity index (χ1n) is 8.59. The topological polar surface area (TPSA) is 74.7 Å². The summed E-state index contributed by atoms with van der Waals surface area (Å²) in [5, 5.41) is 3.25. The zero-order chi connectivity index (χ0) is 17.3. The highest BCUT2D eigenvalue weighted by molar-refractivity contribution is 7.89. The van der Waals surface area contributed by atoms with Crippen molar-refractivity contribution in [1.29, 1.82) is 0 Å². The van der Waals surface area contributed by atoms with Gasteiger partial charge >= 0.3 is 0 Å². The number of hydrogen-bond acceptors (Lipinski definition) is 4. The summed E-state index contributed by atoms with van der Waals surface area (Å²) in [6.07, 6.45) is 4.43. The molecule has 2 aliphatic heterocycles. The molecule has 2 aliphatic rings. The molecule has 0 unspecified atom stereocenters. The Hall–Kier alpha value is -1.09. The first-order valence-corrected chi connectivity index (χ1v) is 10.0. The lowest BCUT2D eigenvalue weighted by atomic mass is 10.2. The zero-order valence-electron chi connectivity index (χ0n) is 14.8. The van der Waals surface area contributed by atoms with Crippen molar-refractivity contribution in [3.05, 3.63) is 18.0 Å². The zero-order valence-corrected chi connectivity index (χ0v) is 16.4. The molecule has 2 saturated heterocycles. The molecule has 3 rings (SSSR count). The highest BCUT2D eigenvalue weighted by Crippen LogP contribution is 2.23. The molecule has 0 radical (unpaired) electrons. The summed E-state index contributed by atoms with van der Waals surface area (Å²) in [4.78, 5) is 14.8. The number of aromatic nitrogens is 1. The van der Waals surface area contributed by atoms with Gasteiger partial charge in [0.2, 0.25) is 10.0 Å². The number of carbonyl (C=O) groups excluding carboxylic acids is 1. The van der Waals surface area contributed by atoms with Crippen molar-refractivity contribution in [2.24, 2.45) is 7.05 Å². The van der Waals surface area contributed by atoms with Crippen LogP contribution in [0.3, 0.4) is 0 Å². The Morgan fingerprint density at radius 2 is 1.88 bits per heavy atom. The predicted octanol–water partition coefficient (Wildman–Crippen LogP) is 1.06. The third-order valence-electron chi connectivity index (χ3n) is 4.91. The lowest BCUT2D eigenvalue weighted by molar-refractivity contribution is 0.0646. The van der Waals surface area contributed by atoms with E-state index in [-0.39, 0.29) is 29.3 Å². The van der Waals surface area contributed by atoms with Gasteiger partial charge in [-0.1, -0.05) is 6.42 Å². The van der Waals surface area contributed by atoms with Crippen LogP contribution in [0.2, 0.25) is 0 Å². The SMILES string of the molecule is C[C@@H]1CNCCN1C(=O)c1cc(S(=O)(=O)N2CCCCC2)cn1C.Cl. The van der Waals surface area contributed by atoms with Gasteiger partial charge < -0.3 is 14.8 Å². The minimum atomic E-state index is -3.51. The number of carbonyl (C=O) groups is 1. The van der Waals surface area contributed by atoms with Gasteiger partial charge in [0.25, 0.3) is 5.91 Å². The Morgan fingerprint density at radius 1 is 1.20 bits per heavy atom. The smallest absolute Gasteiger partial charge is 0.270 e. The molecule has 1 N–H and O–H groups in total. The minimum Gasteiger partial charge on any atom is -0.345 e. The molecule has 0 aromatic carbocycles. The van der Waals surface area contributed by atoms with Crippen molar-refractivity contribution in [1.82, 2.24) is 19.1 Å². The Labute approximate surface area is 155 Å². The standard InChI is InChI=1S/C16H26N4O3S.ClH/c1-13-11-17-6-9-20(13)16(21)15-10-14(12-18(15)2)24(22,23)19-7-4-3-5-8-19;/h10,12-13,17H,3-9,11H2,1-2H3;1H/t13-;/m1./s1. The molecule has 1 aromatic heterocycles. The van der Waals surface area contributed by atoms with E-state index in [4.69, 9.17) is 0 Å². The molecule has 0 spiro atoms. The lowest BCUT2D eigenvalue weighted by Crippen LogP contribution is -2.52. The fraction of sp³-hybridized carbons (Fsp3) is 0.688. The van der Waals surface area contributed by atoms with Crippen LogP contribution in [-0.2, 0) is 17.1 Å². The highest BCUT2D eigenvalue weighted by atomic mass is 35.5. The maximum atomic E-state index is 12.8. The van der Waals surface area contributed by atoms with E-state index < -0.39 is 10.0 Å². The van der Waals surface area contributed by atoms with Crippen molar-refractivity contribution < 1.29 is 13.2 Å². The molecule has 3 heterocycles. The highest BCUT2D eigenvalue weighted by Gasteiger charge is 2.31. The summed E-state index contributed by atoms with van der Waals surface area (Å²) >= 11 is 0. The van der Waals surface area contributed by atoms with Crippen molar-refractivity contribution in [3.8, 4) is 0 Å². The molecule has 0 bridgehead atoms. The summed E-state index contributed by atoms with van der Waals surface area (Å²) in [5.74, 6) is -0.105. The monoisotopic (exact) mass is 390 g/mol. The van der Waals surface area contributed by atoms with Crippen LogP contribution in [-0.4, -0.2) is 66.9 Å². The quantitative estimate of drug-likeness (QED) is 0.837. The van der Waals surface area contributed by atoms with Gasteiger partial charge in [-0.15, -0.1) is 12.4 Å². The summed E-state index contributed by atoms with van der Waals surface area (Å²) < 4.78 is 28.8. The van der Waals surface area contributed by atoms with Gasteiger partial charge in [-0.05, 0) is 25.8 Å². The molecule has 7 nitrogen and oxygen atoms in total. The Morgan fingerprint density at radius 3 is 2.52 bits per heavy atom. The summed E-state index contributed by atoms with van der Waals surface area (Å²) in [6.45, 7) is 5.29. The van der Waals surface area contributed by atoms with E-state index in [2.05, 4.69) is 5.32 Å². The van der Waals surface area contributed by atoms with Gasteiger partial charge in [0, 0.05) is 52.0 Å². The largest absolute Gasteiger partial charge is 0.345 e. The van der Waals surface area contributed by atoms with Crippen molar-refractivity contribution in [2.45, 2.75) is 37.1 Å². The molecule has 1 amide bonds. The van der Waals surface area contributed by atoms with Crippen LogP contribution in [0.5, 0.6) is 0 Å². The molecule has 25 heavy (non-hydrogen) atoms. The van der Waals surface area contributed by atoms with Crippen LogP contribution >= 0.6 is 12.4 Å². The Kier molecular flexibility index (Phi) is 6.53. The van der Waals surface area contributed by atoms with Gasteiger partial charge in [-0.25, -0.2) is 8.42 Å². The van der Waals surface area contributed by atoms with E-state index in [9.17, 15) is 13.2 Å². The number of piperazine rings is 1. The second-order valence-electron chi connectivity index (χ2n) is 6.69. The second-order valence-corrected chi connectivity index (χ2v) is 8.63.